The van der Waals surface area contributed by atoms with Gasteiger partial charge in [0.1, 0.15) is 28.2 Å². The zero-order valence-electron chi connectivity index (χ0n) is 39.0. The van der Waals surface area contributed by atoms with E-state index in [2.05, 4.69) is 20.6 Å². The van der Waals surface area contributed by atoms with E-state index in [0.29, 0.717) is 37.2 Å². The molecule has 0 aliphatic heterocycles. The third-order valence-electron chi connectivity index (χ3n) is 7.21. The first-order chi connectivity index (χ1) is 28.0. The van der Waals surface area contributed by atoms with Crippen LogP contribution < -0.4 is 21.1 Å². The lowest BCUT2D eigenvalue weighted by Crippen LogP contribution is -2.53. The number of guanidine groups is 2. The zero-order chi connectivity index (χ0) is 46.6. The number of hydrogen-bond acceptors (Lipinski definition) is 13. The van der Waals surface area contributed by atoms with Gasteiger partial charge in [-0.05, 0) is 140 Å². The lowest BCUT2D eigenvalue weighted by molar-refractivity contribution is 0.0268. The molecule has 61 heavy (non-hydrogen) atoms. The van der Waals surface area contributed by atoms with Gasteiger partial charge in [0.15, 0.2) is 0 Å². The highest BCUT2D eigenvalue weighted by Gasteiger charge is 2.35. The summed E-state index contributed by atoms with van der Waals surface area (Å²) in [5.74, 6) is 0.190. The molecule has 0 bridgehead atoms. The summed E-state index contributed by atoms with van der Waals surface area (Å²) in [6.07, 6.45) is -0.208. The number of benzene rings is 1. The number of unbranched alkanes of at least 4 members (excludes halogenated alkanes) is 5. The molecule has 18 heteroatoms. The first-order valence-corrected chi connectivity index (χ1v) is 20.9. The van der Waals surface area contributed by atoms with Crippen LogP contribution in [0.5, 0.6) is 5.75 Å². The van der Waals surface area contributed by atoms with Crippen LogP contribution in [-0.2, 0) is 23.7 Å². The first kappa shape index (κ1) is 53.7. The highest BCUT2D eigenvalue weighted by atomic mass is 16.6. The number of carbonyl (C=O) groups excluding carboxylic acids is 5. The molecule has 1 rings (SSSR count). The standard InChI is InChI=1S/C43H73N7O11/c1-30(2)57-35(51)46-33(47-36(52)58-40(3,4)5)45-26-19-17-15-16-18-20-27-49(38(54)60-42(9,10)11)34(48-37(53)59-41(6,7)8)50(39(55)61-43(12,13)14)28-21-29-56-32-24-22-31(44)23-25-32/h22-25,30H,15-21,26-29,44H2,1-14H3,(H2,45,46,47,51,52). The van der Waals surface area contributed by atoms with Gasteiger partial charge in [-0.3, -0.25) is 15.6 Å². The van der Waals surface area contributed by atoms with Crippen molar-refractivity contribution in [1.29, 1.82) is 0 Å². The fourth-order valence-corrected chi connectivity index (χ4v) is 4.92. The largest absolute Gasteiger partial charge is 0.494 e. The first-order valence-electron chi connectivity index (χ1n) is 20.9. The number of nitrogens with one attached hydrogen (secondary N) is 2. The number of nitrogens with two attached hydrogens (primary N) is 1. The van der Waals surface area contributed by atoms with E-state index in [-0.39, 0.29) is 44.1 Å². The van der Waals surface area contributed by atoms with Gasteiger partial charge < -0.3 is 34.2 Å². The third kappa shape index (κ3) is 26.5. The summed E-state index contributed by atoms with van der Waals surface area (Å²) in [5.41, 5.74) is 2.85. The van der Waals surface area contributed by atoms with E-state index in [9.17, 15) is 24.0 Å². The van der Waals surface area contributed by atoms with E-state index in [0.717, 1.165) is 24.2 Å². The van der Waals surface area contributed by atoms with Crippen molar-refractivity contribution < 1.29 is 52.4 Å². The minimum atomic E-state index is -1.01. The maximum atomic E-state index is 13.9. The van der Waals surface area contributed by atoms with Crippen LogP contribution in [0, 0.1) is 0 Å². The number of alkyl carbamates (subject to hydrolysis) is 2. The summed E-state index contributed by atoms with van der Waals surface area (Å²) in [6, 6.07) is 6.87. The van der Waals surface area contributed by atoms with Crippen LogP contribution in [0.25, 0.3) is 0 Å². The van der Waals surface area contributed by atoms with Gasteiger partial charge in [0.05, 0.1) is 12.7 Å². The van der Waals surface area contributed by atoms with Crippen molar-refractivity contribution in [1.82, 2.24) is 20.4 Å². The zero-order valence-corrected chi connectivity index (χ0v) is 39.0. The highest BCUT2D eigenvalue weighted by molar-refractivity contribution is 6.05. The molecule has 0 fully saturated rings. The van der Waals surface area contributed by atoms with Gasteiger partial charge in [0.25, 0.3) is 0 Å². The number of anilines is 1. The summed E-state index contributed by atoms with van der Waals surface area (Å²) in [6.45, 7) is 24.3. The van der Waals surface area contributed by atoms with Crippen LogP contribution in [0.15, 0.2) is 34.3 Å². The quantitative estimate of drug-likeness (QED) is 0.0494. The Morgan fingerprint density at radius 3 is 1.57 bits per heavy atom. The normalized spacial score (nSPS) is 12.6. The topological polar surface area (TPSA) is 222 Å². The minimum Gasteiger partial charge on any atom is -0.494 e. The molecule has 0 radical (unpaired) electrons. The highest BCUT2D eigenvalue weighted by Crippen LogP contribution is 2.19. The molecule has 0 atom stereocenters. The number of ether oxygens (including phenoxy) is 6. The molecule has 0 unspecified atom stereocenters. The number of hydrogen-bond donors (Lipinski definition) is 3. The SMILES string of the molecule is CC(C)OC(=O)NC(=NCCCCCCCCN(C(=O)OC(C)(C)C)C(=NC(=O)OC(C)(C)C)N(CCCOc1ccc(N)cc1)C(=O)OC(C)(C)C)NC(=O)OC(C)(C)C. The monoisotopic (exact) mass is 864 g/mol. The van der Waals surface area contributed by atoms with Crippen molar-refractivity contribution in [3.05, 3.63) is 24.3 Å². The average molecular weight is 864 g/mol. The van der Waals surface area contributed by atoms with Gasteiger partial charge in [-0.1, -0.05) is 25.7 Å². The van der Waals surface area contributed by atoms with E-state index < -0.39 is 52.9 Å². The number of amides is 5. The molecule has 0 aliphatic carbocycles. The van der Waals surface area contributed by atoms with Crippen LogP contribution in [0.4, 0.5) is 29.7 Å². The maximum Gasteiger partial charge on any atom is 0.437 e. The number of nitrogens with zero attached hydrogens (tertiary/aromatic N) is 4. The average Bonchev–Trinajstić information content (AvgIpc) is 3.05. The van der Waals surface area contributed by atoms with E-state index >= 15 is 0 Å². The van der Waals surface area contributed by atoms with Crippen LogP contribution in [0.1, 0.15) is 142 Å². The van der Waals surface area contributed by atoms with Crippen molar-refractivity contribution in [2.75, 3.05) is 32.0 Å². The van der Waals surface area contributed by atoms with Crippen molar-refractivity contribution in [3.8, 4) is 5.75 Å². The van der Waals surface area contributed by atoms with Gasteiger partial charge in [0.2, 0.25) is 11.9 Å². The van der Waals surface area contributed by atoms with Crippen molar-refractivity contribution in [3.63, 3.8) is 0 Å². The summed E-state index contributed by atoms with van der Waals surface area (Å²) < 4.78 is 33.3. The Bertz CT molecular complexity index is 1620. The Kier molecular flexibility index (Phi) is 21.9. The Morgan fingerprint density at radius 2 is 1.08 bits per heavy atom. The molecular weight excluding hydrogens is 791 g/mol. The molecule has 5 amide bonds. The van der Waals surface area contributed by atoms with Gasteiger partial charge in [0, 0.05) is 25.3 Å². The lowest BCUT2D eigenvalue weighted by Gasteiger charge is -2.34. The summed E-state index contributed by atoms with van der Waals surface area (Å²) in [7, 11) is 0. The molecule has 0 saturated heterocycles. The predicted octanol–water partition coefficient (Wildman–Crippen LogP) is 9.16. The van der Waals surface area contributed by atoms with Crippen LogP contribution in [0.3, 0.4) is 0 Å². The maximum absolute atomic E-state index is 13.9. The number of nitrogen functional groups attached to an aromatic ring is 1. The molecule has 4 N–H and O–H groups in total. The molecular formula is C43H73N7O11. The Labute approximate surface area is 362 Å². The van der Waals surface area contributed by atoms with Crippen molar-refractivity contribution in [2.45, 2.75) is 170 Å². The Hall–Kier alpha value is -5.29. The second-order valence-corrected chi connectivity index (χ2v) is 18.5. The van der Waals surface area contributed by atoms with E-state index in [4.69, 9.17) is 34.2 Å². The molecule has 0 aliphatic rings. The van der Waals surface area contributed by atoms with Crippen LogP contribution in [-0.4, -0.2) is 107 Å². The van der Waals surface area contributed by atoms with Crippen molar-refractivity contribution >= 4 is 48.1 Å². The molecule has 0 heterocycles. The minimum absolute atomic E-state index is 0.0416. The molecule has 0 spiro atoms. The van der Waals surface area contributed by atoms with E-state index in [1.54, 1.807) is 121 Å². The fourth-order valence-electron chi connectivity index (χ4n) is 4.92. The summed E-state index contributed by atoms with van der Waals surface area (Å²) in [5, 5.41) is 4.91. The number of aliphatic imine (C=N–C) groups is 2. The third-order valence-corrected chi connectivity index (χ3v) is 7.21. The van der Waals surface area contributed by atoms with Crippen LogP contribution >= 0.6 is 0 Å². The van der Waals surface area contributed by atoms with Gasteiger partial charge in [-0.15, -0.1) is 4.99 Å². The van der Waals surface area contributed by atoms with Gasteiger partial charge in [-0.25, -0.2) is 33.8 Å². The van der Waals surface area contributed by atoms with Gasteiger partial charge in [-0.2, -0.15) is 0 Å². The summed E-state index contributed by atoms with van der Waals surface area (Å²) in [4.78, 5) is 76.6. The smallest absolute Gasteiger partial charge is 0.437 e. The lowest BCUT2D eigenvalue weighted by atomic mass is 10.1. The predicted molar refractivity (Wildman–Crippen MR) is 235 cm³/mol. The molecule has 1 aromatic rings. The van der Waals surface area contributed by atoms with E-state index in [1.807, 2.05) is 0 Å². The molecule has 1 aromatic carbocycles. The Morgan fingerprint density at radius 1 is 0.623 bits per heavy atom. The number of rotatable bonds is 15. The molecule has 0 aromatic heterocycles. The fraction of sp³-hybridized carbons (Fsp3) is 0.698. The molecule has 0 saturated carbocycles. The second kappa shape index (κ2) is 24.8. The molecule has 346 valence electrons. The van der Waals surface area contributed by atoms with Gasteiger partial charge >= 0.3 is 30.5 Å². The Balaban J connectivity index is 3.24. The van der Waals surface area contributed by atoms with Crippen molar-refractivity contribution in [2.24, 2.45) is 9.98 Å². The van der Waals surface area contributed by atoms with E-state index in [1.165, 1.54) is 4.90 Å². The second-order valence-electron chi connectivity index (χ2n) is 18.5. The van der Waals surface area contributed by atoms with Crippen LogP contribution in [0.2, 0.25) is 0 Å². The summed E-state index contributed by atoms with van der Waals surface area (Å²) >= 11 is 0. The molecule has 18 nitrogen and oxygen atoms in total. The number of carbonyl (C=O) groups is 5.